The van der Waals surface area contributed by atoms with Crippen LogP contribution in [-0.2, 0) is 0 Å². The van der Waals surface area contributed by atoms with Gasteiger partial charge in [0.25, 0.3) is 5.91 Å². The number of hydrogen-bond donors (Lipinski definition) is 2. The Morgan fingerprint density at radius 2 is 2.11 bits per heavy atom. The fraction of sp³-hybridized carbons (Fsp3) is 0.286. The van der Waals surface area contributed by atoms with Gasteiger partial charge in [0.2, 0.25) is 0 Å². The fourth-order valence-corrected chi connectivity index (χ4v) is 1.64. The number of aryl methyl sites for hydroxylation is 1. The zero-order chi connectivity index (χ0) is 13.8. The zero-order valence-corrected chi connectivity index (χ0v) is 10.9. The summed E-state index contributed by atoms with van der Waals surface area (Å²) < 4.78 is 5.28. The summed E-state index contributed by atoms with van der Waals surface area (Å²) in [5.74, 6) is 0.0771. The molecular weight excluding hydrogens is 244 g/mol. The lowest BCUT2D eigenvalue weighted by molar-refractivity contribution is 0.0920. The van der Waals surface area contributed by atoms with Gasteiger partial charge >= 0.3 is 0 Å². The van der Waals surface area contributed by atoms with Crippen LogP contribution in [0.4, 0.5) is 0 Å². The lowest BCUT2D eigenvalue weighted by Gasteiger charge is -2.06. The first-order valence-corrected chi connectivity index (χ1v) is 6.04. The molecule has 5 nitrogen and oxygen atoms in total. The van der Waals surface area contributed by atoms with E-state index >= 15 is 0 Å². The summed E-state index contributed by atoms with van der Waals surface area (Å²) >= 11 is 0. The van der Waals surface area contributed by atoms with Crippen molar-refractivity contribution in [3.63, 3.8) is 0 Å². The minimum Gasteiger partial charge on any atom is -0.443 e. The van der Waals surface area contributed by atoms with Crippen LogP contribution < -0.4 is 5.32 Å². The number of oxazole rings is 1. The van der Waals surface area contributed by atoms with E-state index in [9.17, 15) is 4.79 Å². The highest BCUT2D eigenvalue weighted by Gasteiger charge is 2.18. The molecule has 19 heavy (non-hydrogen) atoms. The molecule has 1 aromatic carbocycles. The number of aromatic nitrogens is 1. The molecule has 5 heteroatoms. The van der Waals surface area contributed by atoms with Crippen LogP contribution in [0.5, 0.6) is 0 Å². The molecule has 2 aromatic rings. The summed E-state index contributed by atoms with van der Waals surface area (Å²) in [7, 11) is 0. The van der Waals surface area contributed by atoms with E-state index in [-0.39, 0.29) is 18.1 Å². The van der Waals surface area contributed by atoms with Gasteiger partial charge in [-0.1, -0.05) is 29.8 Å². The molecule has 1 atom stereocenters. The minimum absolute atomic E-state index is 0.180. The van der Waals surface area contributed by atoms with Gasteiger partial charge in [0.15, 0.2) is 17.8 Å². The van der Waals surface area contributed by atoms with Gasteiger partial charge in [-0.15, -0.1) is 0 Å². The maximum absolute atomic E-state index is 11.9. The molecule has 0 saturated heterocycles. The van der Waals surface area contributed by atoms with Crippen LogP contribution >= 0.6 is 0 Å². The molecule has 1 heterocycles. The van der Waals surface area contributed by atoms with Crippen LogP contribution in [0.2, 0.25) is 0 Å². The quantitative estimate of drug-likeness (QED) is 0.878. The predicted molar refractivity (Wildman–Crippen MR) is 70.7 cm³/mol. The van der Waals surface area contributed by atoms with Crippen LogP contribution in [0, 0.1) is 6.92 Å². The van der Waals surface area contributed by atoms with Gasteiger partial charge in [-0.3, -0.25) is 4.79 Å². The molecule has 1 unspecified atom stereocenters. The first kappa shape index (κ1) is 13.3. The number of rotatable bonds is 4. The van der Waals surface area contributed by atoms with Crippen LogP contribution in [0.1, 0.15) is 23.0 Å². The Kier molecular flexibility index (Phi) is 3.97. The molecule has 1 aromatic heterocycles. The van der Waals surface area contributed by atoms with Gasteiger partial charge in [-0.05, 0) is 13.8 Å². The van der Waals surface area contributed by atoms with E-state index in [4.69, 9.17) is 9.52 Å². The Bertz CT molecular complexity index is 558. The van der Waals surface area contributed by atoms with Crippen LogP contribution in [0.3, 0.4) is 0 Å². The Morgan fingerprint density at radius 1 is 1.42 bits per heavy atom. The Balaban J connectivity index is 2.22. The van der Waals surface area contributed by atoms with Crippen LogP contribution in [0.25, 0.3) is 11.3 Å². The Hall–Kier alpha value is -2.14. The average molecular weight is 260 g/mol. The molecule has 0 radical (unpaired) electrons. The van der Waals surface area contributed by atoms with Crippen molar-refractivity contribution in [1.29, 1.82) is 0 Å². The summed E-state index contributed by atoms with van der Waals surface area (Å²) in [6.45, 7) is 3.77. The van der Waals surface area contributed by atoms with Crippen molar-refractivity contribution < 1.29 is 14.3 Å². The topological polar surface area (TPSA) is 75.4 Å². The second-order valence-electron chi connectivity index (χ2n) is 4.46. The molecule has 100 valence electrons. The molecule has 0 saturated carbocycles. The van der Waals surface area contributed by atoms with Crippen LogP contribution in [0.15, 0.2) is 35.1 Å². The molecule has 1 amide bonds. The SMILES string of the molecule is Cc1ccc(-c2ocnc2C(=O)NCC(C)O)cc1. The highest BCUT2D eigenvalue weighted by atomic mass is 16.3. The van der Waals surface area contributed by atoms with E-state index in [2.05, 4.69) is 10.3 Å². The summed E-state index contributed by atoms with van der Waals surface area (Å²) in [6.07, 6.45) is 0.644. The molecule has 0 aliphatic rings. The minimum atomic E-state index is -0.598. The first-order valence-electron chi connectivity index (χ1n) is 6.04. The molecule has 0 fully saturated rings. The molecule has 0 aliphatic heterocycles. The molecule has 0 spiro atoms. The lowest BCUT2D eigenvalue weighted by atomic mass is 10.1. The number of nitrogens with zero attached hydrogens (tertiary/aromatic N) is 1. The van der Waals surface area contributed by atoms with Gasteiger partial charge in [0.05, 0.1) is 6.10 Å². The van der Waals surface area contributed by atoms with E-state index in [1.54, 1.807) is 6.92 Å². The third-order valence-corrected chi connectivity index (χ3v) is 2.65. The van der Waals surface area contributed by atoms with Gasteiger partial charge in [-0.25, -0.2) is 4.98 Å². The van der Waals surface area contributed by atoms with Crippen molar-refractivity contribution in [2.45, 2.75) is 20.0 Å². The highest BCUT2D eigenvalue weighted by molar-refractivity contribution is 5.97. The van der Waals surface area contributed by atoms with Crippen LogP contribution in [-0.4, -0.2) is 28.6 Å². The molecule has 2 N–H and O–H groups in total. The molecular formula is C14H16N2O3. The number of aliphatic hydroxyl groups excluding tert-OH is 1. The fourth-order valence-electron chi connectivity index (χ4n) is 1.64. The molecule has 0 bridgehead atoms. The number of carbonyl (C=O) groups is 1. The van der Waals surface area contributed by atoms with Crippen molar-refractivity contribution in [2.75, 3.05) is 6.54 Å². The van der Waals surface area contributed by atoms with Gasteiger partial charge in [-0.2, -0.15) is 0 Å². The van der Waals surface area contributed by atoms with E-state index in [1.807, 2.05) is 31.2 Å². The van der Waals surface area contributed by atoms with Crippen molar-refractivity contribution in [3.05, 3.63) is 41.9 Å². The largest absolute Gasteiger partial charge is 0.443 e. The number of aliphatic hydroxyl groups is 1. The highest BCUT2D eigenvalue weighted by Crippen LogP contribution is 2.23. The van der Waals surface area contributed by atoms with Gasteiger partial charge in [0, 0.05) is 12.1 Å². The Morgan fingerprint density at radius 3 is 2.74 bits per heavy atom. The van der Waals surface area contributed by atoms with E-state index in [0.29, 0.717) is 5.76 Å². The zero-order valence-electron chi connectivity index (χ0n) is 10.9. The second kappa shape index (κ2) is 5.67. The molecule has 2 rings (SSSR count). The summed E-state index contributed by atoms with van der Waals surface area (Å²) in [5, 5.41) is 11.8. The maximum Gasteiger partial charge on any atom is 0.274 e. The number of carbonyl (C=O) groups excluding carboxylic acids is 1. The summed E-state index contributed by atoms with van der Waals surface area (Å²) in [6, 6.07) is 7.63. The normalized spacial score (nSPS) is 12.2. The smallest absolute Gasteiger partial charge is 0.274 e. The van der Waals surface area contributed by atoms with Gasteiger partial charge in [0.1, 0.15) is 0 Å². The van der Waals surface area contributed by atoms with Crippen molar-refractivity contribution >= 4 is 5.91 Å². The maximum atomic E-state index is 11.9. The number of nitrogens with one attached hydrogen (secondary N) is 1. The summed E-state index contributed by atoms with van der Waals surface area (Å²) in [4.78, 5) is 15.9. The third kappa shape index (κ3) is 3.20. The third-order valence-electron chi connectivity index (χ3n) is 2.65. The number of amides is 1. The second-order valence-corrected chi connectivity index (χ2v) is 4.46. The average Bonchev–Trinajstić information content (AvgIpc) is 2.86. The lowest BCUT2D eigenvalue weighted by Crippen LogP contribution is -2.31. The summed E-state index contributed by atoms with van der Waals surface area (Å²) in [5.41, 5.74) is 2.15. The van der Waals surface area contributed by atoms with Crippen molar-refractivity contribution in [3.8, 4) is 11.3 Å². The predicted octanol–water partition coefficient (Wildman–Crippen LogP) is 1.76. The van der Waals surface area contributed by atoms with E-state index in [1.165, 1.54) is 6.39 Å². The van der Waals surface area contributed by atoms with Crippen molar-refractivity contribution in [1.82, 2.24) is 10.3 Å². The first-order chi connectivity index (χ1) is 9.08. The van der Waals surface area contributed by atoms with Crippen molar-refractivity contribution in [2.24, 2.45) is 0 Å². The monoisotopic (exact) mass is 260 g/mol. The Labute approximate surface area is 111 Å². The standard InChI is InChI=1S/C14H16N2O3/c1-9-3-5-11(6-4-9)13-12(16-8-19-13)14(18)15-7-10(2)17/h3-6,8,10,17H,7H2,1-2H3,(H,15,18). The molecule has 0 aliphatic carbocycles. The van der Waals surface area contributed by atoms with E-state index in [0.717, 1.165) is 11.1 Å². The number of benzene rings is 1. The number of hydrogen-bond acceptors (Lipinski definition) is 4. The van der Waals surface area contributed by atoms with Gasteiger partial charge < -0.3 is 14.8 Å². The van der Waals surface area contributed by atoms with E-state index < -0.39 is 6.10 Å².